The SMILES string of the molecule is CC(C)(C)OC(=O)n1c(CO)cc2ccc(S(C)(=O)=O)cc21. The normalized spacial score (nSPS) is 12.6. The molecule has 22 heavy (non-hydrogen) atoms. The molecule has 7 heteroatoms. The lowest BCUT2D eigenvalue weighted by molar-refractivity contribution is 0.0533. The summed E-state index contributed by atoms with van der Waals surface area (Å²) < 4.78 is 29.9. The molecule has 0 aliphatic heterocycles. The van der Waals surface area contributed by atoms with E-state index < -0.39 is 21.5 Å². The fraction of sp³-hybridized carbons (Fsp3) is 0.400. The predicted octanol–water partition coefficient (Wildman–Crippen LogP) is 2.32. The number of carbonyl (C=O) groups excluding carboxylic acids is 1. The molecule has 1 heterocycles. The van der Waals surface area contributed by atoms with E-state index in [0.717, 1.165) is 6.26 Å². The van der Waals surface area contributed by atoms with Crippen LogP contribution in [0, 0.1) is 0 Å². The Morgan fingerprint density at radius 3 is 2.41 bits per heavy atom. The highest BCUT2D eigenvalue weighted by atomic mass is 32.2. The summed E-state index contributed by atoms with van der Waals surface area (Å²) in [6.07, 6.45) is 0.444. The zero-order valence-electron chi connectivity index (χ0n) is 13.0. The van der Waals surface area contributed by atoms with E-state index in [9.17, 15) is 18.3 Å². The summed E-state index contributed by atoms with van der Waals surface area (Å²) in [5.74, 6) is 0. The monoisotopic (exact) mass is 325 g/mol. The molecule has 0 radical (unpaired) electrons. The number of carbonyl (C=O) groups is 1. The Morgan fingerprint density at radius 2 is 1.91 bits per heavy atom. The second-order valence-corrected chi connectivity index (χ2v) is 8.12. The number of fused-ring (bicyclic) bond motifs is 1. The van der Waals surface area contributed by atoms with E-state index in [1.54, 1.807) is 32.9 Å². The van der Waals surface area contributed by atoms with Crippen LogP contribution in [0.4, 0.5) is 4.79 Å². The Kier molecular flexibility index (Phi) is 4.06. The van der Waals surface area contributed by atoms with Gasteiger partial charge in [0.25, 0.3) is 0 Å². The van der Waals surface area contributed by atoms with Crippen molar-refractivity contribution in [3.05, 3.63) is 30.0 Å². The van der Waals surface area contributed by atoms with Crippen molar-refractivity contribution in [2.24, 2.45) is 0 Å². The molecular formula is C15H19NO5S. The third kappa shape index (κ3) is 3.31. The topological polar surface area (TPSA) is 85.6 Å². The lowest BCUT2D eigenvalue weighted by Gasteiger charge is -2.20. The first-order chi connectivity index (χ1) is 10.0. The highest BCUT2D eigenvalue weighted by molar-refractivity contribution is 7.90. The second-order valence-electron chi connectivity index (χ2n) is 6.10. The molecule has 0 spiro atoms. The number of hydrogen-bond donors (Lipinski definition) is 1. The molecule has 1 N–H and O–H groups in total. The van der Waals surface area contributed by atoms with Crippen molar-refractivity contribution in [2.75, 3.05) is 6.26 Å². The van der Waals surface area contributed by atoms with Gasteiger partial charge in [-0.05, 0) is 39.0 Å². The summed E-state index contributed by atoms with van der Waals surface area (Å²) in [6, 6.07) is 6.11. The van der Waals surface area contributed by atoms with E-state index in [0.29, 0.717) is 16.6 Å². The van der Waals surface area contributed by atoms with Crippen LogP contribution in [0.15, 0.2) is 29.2 Å². The second kappa shape index (κ2) is 5.40. The van der Waals surface area contributed by atoms with E-state index in [1.807, 2.05) is 0 Å². The molecule has 2 rings (SSSR count). The lowest BCUT2D eigenvalue weighted by Crippen LogP contribution is -2.28. The fourth-order valence-corrected chi connectivity index (χ4v) is 2.75. The minimum atomic E-state index is -3.40. The maximum Gasteiger partial charge on any atom is 0.419 e. The standard InChI is InChI=1S/C15H19NO5S/c1-15(2,3)21-14(18)16-11(9-17)7-10-5-6-12(8-13(10)16)22(4,19)20/h5-8,17H,9H2,1-4H3. The summed E-state index contributed by atoms with van der Waals surface area (Å²) in [5, 5.41) is 10.1. The Balaban J connectivity index is 2.67. The van der Waals surface area contributed by atoms with Crippen molar-refractivity contribution in [3.63, 3.8) is 0 Å². The van der Waals surface area contributed by atoms with Gasteiger partial charge in [0.05, 0.1) is 22.7 Å². The van der Waals surface area contributed by atoms with Crippen LogP contribution >= 0.6 is 0 Å². The van der Waals surface area contributed by atoms with Crippen LogP contribution in [0.1, 0.15) is 26.5 Å². The van der Waals surface area contributed by atoms with E-state index in [1.165, 1.54) is 16.7 Å². The molecule has 0 amide bonds. The molecule has 2 aromatic rings. The van der Waals surface area contributed by atoms with E-state index >= 15 is 0 Å². The van der Waals surface area contributed by atoms with Crippen molar-refractivity contribution in [2.45, 2.75) is 37.9 Å². The van der Waals surface area contributed by atoms with Gasteiger partial charge in [-0.2, -0.15) is 0 Å². The number of benzene rings is 1. The zero-order chi connectivity index (χ0) is 16.7. The van der Waals surface area contributed by atoms with E-state index in [-0.39, 0.29) is 11.5 Å². The number of hydrogen-bond acceptors (Lipinski definition) is 5. The number of rotatable bonds is 2. The molecule has 1 aromatic heterocycles. The van der Waals surface area contributed by atoms with Crippen molar-refractivity contribution in [1.82, 2.24) is 4.57 Å². The quantitative estimate of drug-likeness (QED) is 0.916. The van der Waals surface area contributed by atoms with Gasteiger partial charge in [-0.25, -0.2) is 17.8 Å². The molecule has 1 aromatic carbocycles. The Labute approximate surface area is 129 Å². The number of sulfone groups is 1. The first-order valence-corrected chi connectivity index (χ1v) is 8.61. The van der Waals surface area contributed by atoms with E-state index in [2.05, 4.69) is 0 Å². The molecule has 0 saturated heterocycles. The van der Waals surface area contributed by atoms with Crippen molar-refractivity contribution >= 4 is 26.8 Å². The van der Waals surface area contributed by atoms with E-state index in [4.69, 9.17) is 4.74 Å². The van der Waals surface area contributed by atoms with Gasteiger partial charge in [0.1, 0.15) is 5.60 Å². The van der Waals surface area contributed by atoms with Gasteiger partial charge in [0.2, 0.25) is 0 Å². The molecule has 6 nitrogen and oxygen atoms in total. The van der Waals surface area contributed by atoms with Crippen molar-refractivity contribution < 1.29 is 23.1 Å². The van der Waals surface area contributed by atoms with Crippen LogP contribution in [-0.4, -0.2) is 36.0 Å². The average molecular weight is 325 g/mol. The summed E-state index contributed by atoms with van der Waals surface area (Å²) in [6.45, 7) is 4.84. The molecule has 0 aliphatic rings. The van der Waals surface area contributed by atoms with Gasteiger partial charge < -0.3 is 9.84 Å². The molecule has 120 valence electrons. The number of ether oxygens (including phenoxy) is 1. The van der Waals surface area contributed by atoms with Gasteiger partial charge in [-0.3, -0.25) is 0 Å². The fourth-order valence-electron chi connectivity index (χ4n) is 2.11. The summed E-state index contributed by atoms with van der Waals surface area (Å²) in [4.78, 5) is 12.5. The molecule has 0 aliphatic carbocycles. The number of aliphatic hydroxyl groups excluding tert-OH is 1. The third-order valence-electron chi connectivity index (χ3n) is 3.02. The highest BCUT2D eigenvalue weighted by Crippen LogP contribution is 2.25. The highest BCUT2D eigenvalue weighted by Gasteiger charge is 2.22. The third-order valence-corrected chi connectivity index (χ3v) is 4.13. The Bertz CT molecular complexity index is 827. The molecule has 0 atom stereocenters. The predicted molar refractivity (Wildman–Crippen MR) is 82.6 cm³/mol. The number of aromatic nitrogens is 1. The molecule has 0 saturated carbocycles. The van der Waals surface area contributed by atoms with Gasteiger partial charge in [0, 0.05) is 11.6 Å². The Morgan fingerprint density at radius 1 is 1.27 bits per heavy atom. The average Bonchev–Trinajstić information content (AvgIpc) is 2.72. The number of aliphatic hydroxyl groups is 1. The van der Waals surface area contributed by atoms with Crippen molar-refractivity contribution in [3.8, 4) is 0 Å². The maximum absolute atomic E-state index is 12.4. The van der Waals surface area contributed by atoms with Gasteiger partial charge in [0.15, 0.2) is 9.84 Å². The van der Waals surface area contributed by atoms with Gasteiger partial charge in [-0.1, -0.05) is 6.07 Å². The van der Waals surface area contributed by atoms with Crippen LogP contribution < -0.4 is 0 Å². The van der Waals surface area contributed by atoms with Crippen molar-refractivity contribution in [1.29, 1.82) is 0 Å². The first-order valence-electron chi connectivity index (χ1n) is 6.71. The minimum Gasteiger partial charge on any atom is -0.443 e. The largest absolute Gasteiger partial charge is 0.443 e. The molecular weight excluding hydrogens is 306 g/mol. The molecule has 0 unspecified atom stereocenters. The zero-order valence-corrected chi connectivity index (χ0v) is 13.8. The van der Waals surface area contributed by atoms with Gasteiger partial charge in [-0.15, -0.1) is 0 Å². The smallest absolute Gasteiger partial charge is 0.419 e. The van der Waals surface area contributed by atoms with Crippen LogP contribution in [0.25, 0.3) is 10.9 Å². The van der Waals surface area contributed by atoms with Crippen LogP contribution in [-0.2, 0) is 21.2 Å². The van der Waals surface area contributed by atoms with Crippen LogP contribution in [0.2, 0.25) is 0 Å². The molecule has 0 fully saturated rings. The maximum atomic E-state index is 12.4. The summed E-state index contributed by atoms with van der Waals surface area (Å²) >= 11 is 0. The molecule has 0 bridgehead atoms. The lowest BCUT2D eigenvalue weighted by atomic mass is 10.2. The number of nitrogens with zero attached hydrogens (tertiary/aromatic N) is 1. The summed E-state index contributed by atoms with van der Waals surface area (Å²) in [7, 11) is -3.40. The van der Waals surface area contributed by atoms with Gasteiger partial charge >= 0.3 is 6.09 Å². The first kappa shape index (κ1) is 16.5. The summed E-state index contributed by atoms with van der Waals surface area (Å²) in [5.41, 5.74) is 0.0330. The minimum absolute atomic E-state index is 0.104. The Hall–Kier alpha value is -1.86. The van der Waals surface area contributed by atoms with Crippen LogP contribution in [0.3, 0.4) is 0 Å². The van der Waals surface area contributed by atoms with Crippen LogP contribution in [0.5, 0.6) is 0 Å².